The molecule has 0 aliphatic rings. The van der Waals surface area contributed by atoms with Gasteiger partial charge >= 0.3 is 0 Å². The van der Waals surface area contributed by atoms with Crippen LogP contribution >= 0.6 is 0 Å². The van der Waals surface area contributed by atoms with Crippen molar-refractivity contribution in [3.05, 3.63) is 65.2 Å². The highest BCUT2D eigenvalue weighted by atomic mass is 16.5. The van der Waals surface area contributed by atoms with Crippen molar-refractivity contribution in [2.75, 3.05) is 7.11 Å². The number of rotatable bonds is 7. The van der Waals surface area contributed by atoms with Crippen LogP contribution in [0.2, 0.25) is 0 Å². The van der Waals surface area contributed by atoms with Crippen LogP contribution in [-0.2, 0) is 22.7 Å². The molecule has 0 spiro atoms. The number of hydrogen-bond acceptors (Lipinski definition) is 3. The van der Waals surface area contributed by atoms with Crippen LogP contribution in [-0.4, -0.2) is 18.9 Å². The van der Waals surface area contributed by atoms with E-state index in [0.29, 0.717) is 13.1 Å². The van der Waals surface area contributed by atoms with Gasteiger partial charge in [0, 0.05) is 13.1 Å². The Morgan fingerprint density at radius 3 is 2.17 bits per heavy atom. The molecule has 0 bridgehead atoms. The van der Waals surface area contributed by atoms with Crippen LogP contribution in [0, 0.1) is 6.92 Å². The summed E-state index contributed by atoms with van der Waals surface area (Å²) in [6.07, 6.45) is -0.179. The molecule has 0 atom stereocenters. The Morgan fingerprint density at radius 2 is 1.54 bits per heavy atom. The second-order valence-electron chi connectivity index (χ2n) is 5.50. The molecule has 5 nitrogen and oxygen atoms in total. The average Bonchev–Trinajstić information content (AvgIpc) is 2.59. The fraction of sp³-hybridized carbons (Fsp3) is 0.263. The first-order chi connectivity index (χ1) is 11.6. The Kier molecular flexibility index (Phi) is 6.37. The monoisotopic (exact) mass is 326 g/mol. The van der Waals surface area contributed by atoms with Crippen molar-refractivity contribution in [1.29, 1.82) is 0 Å². The second kappa shape index (κ2) is 8.72. The van der Waals surface area contributed by atoms with Crippen LogP contribution < -0.4 is 15.4 Å². The maximum atomic E-state index is 11.8. The lowest BCUT2D eigenvalue weighted by molar-refractivity contribution is -0.129. The summed E-state index contributed by atoms with van der Waals surface area (Å²) in [6.45, 7) is 2.80. The van der Waals surface area contributed by atoms with E-state index >= 15 is 0 Å². The smallest absolute Gasteiger partial charge is 0.229 e. The lowest BCUT2D eigenvalue weighted by atomic mass is 10.1. The van der Waals surface area contributed by atoms with Gasteiger partial charge in [0.1, 0.15) is 12.2 Å². The zero-order valence-corrected chi connectivity index (χ0v) is 14.0. The van der Waals surface area contributed by atoms with E-state index in [9.17, 15) is 9.59 Å². The van der Waals surface area contributed by atoms with Gasteiger partial charge in [-0.3, -0.25) is 9.59 Å². The number of amides is 2. The third-order valence-corrected chi connectivity index (χ3v) is 3.71. The molecule has 2 N–H and O–H groups in total. The van der Waals surface area contributed by atoms with E-state index in [2.05, 4.69) is 10.6 Å². The summed E-state index contributed by atoms with van der Waals surface area (Å²) in [4.78, 5) is 23.7. The van der Waals surface area contributed by atoms with Crippen molar-refractivity contribution >= 4 is 11.8 Å². The third-order valence-electron chi connectivity index (χ3n) is 3.71. The lowest BCUT2D eigenvalue weighted by Gasteiger charge is -2.09. The van der Waals surface area contributed by atoms with Crippen molar-refractivity contribution in [3.63, 3.8) is 0 Å². The highest BCUT2D eigenvalue weighted by Crippen LogP contribution is 2.11. The summed E-state index contributed by atoms with van der Waals surface area (Å²) in [6, 6.07) is 15.2. The van der Waals surface area contributed by atoms with Gasteiger partial charge in [-0.25, -0.2) is 0 Å². The van der Waals surface area contributed by atoms with E-state index in [1.165, 1.54) is 0 Å². The largest absolute Gasteiger partial charge is 0.497 e. The first kappa shape index (κ1) is 17.5. The van der Waals surface area contributed by atoms with Crippen molar-refractivity contribution < 1.29 is 14.3 Å². The van der Waals surface area contributed by atoms with Gasteiger partial charge in [0.05, 0.1) is 7.11 Å². The number of aryl methyl sites for hydroxylation is 1. The van der Waals surface area contributed by atoms with E-state index in [4.69, 9.17) is 4.74 Å². The Morgan fingerprint density at radius 1 is 0.917 bits per heavy atom. The summed E-state index contributed by atoms with van der Waals surface area (Å²) in [5, 5.41) is 5.50. The molecule has 0 radical (unpaired) electrons. The Bertz CT molecular complexity index is 696. The van der Waals surface area contributed by atoms with Gasteiger partial charge in [-0.1, -0.05) is 36.4 Å². The molecule has 0 aliphatic carbocycles. The number of carbonyl (C=O) groups is 2. The summed E-state index contributed by atoms with van der Waals surface area (Å²) < 4.78 is 5.08. The fourth-order valence-corrected chi connectivity index (χ4v) is 2.22. The highest BCUT2D eigenvalue weighted by Gasteiger charge is 2.09. The normalized spacial score (nSPS) is 10.1. The molecule has 126 valence electrons. The Balaban J connectivity index is 1.73. The minimum Gasteiger partial charge on any atom is -0.497 e. The standard InChI is InChI=1S/C19H22N2O3/c1-14-5-3-4-6-16(14)13-21-19(23)11-18(22)20-12-15-7-9-17(24-2)10-8-15/h3-10H,11-13H2,1-2H3,(H,20,22)(H,21,23). The molecule has 5 heteroatoms. The van der Waals surface area contributed by atoms with E-state index in [1.807, 2.05) is 55.5 Å². The van der Waals surface area contributed by atoms with Crippen LogP contribution in [0.3, 0.4) is 0 Å². The summed E-state index contributed by atoms with van der Waals surface area (Å²) in [5.41, 5.74) is 3.11. The van der Waals surface area contributed by atoms with Crippen molar-refractivity contribution in [2.24, 2.45) is 0 Å². The molecular weight excluding hydrogens is 304 g/mol. The van der Waals surface area contributed by atoms with Gasteiger partial charge in [0.25, 0.3) is 0 Å². The summed E-state index contributed by atoms with van der Waals surface area (Å²) in [5.74, 6) is 0.180. The van der Waals surface area contributed by atoms with E-state index in [-0.39, 0.29) is 18.2 Å². The lowest BCUT2D eigenvalue weighted by Crippen LogP contribution is -2.31. The quantitative estimate of drug-likeness (QED) is 0.767. The van der Waals surface area contributed by atoms with Gasteiger partial charge in [0.2, 0.25) is 11.8 Å². The van der Waals surface area contributed by atoms with Gasteiger partial charge in [-0.15, -0.1) is 0 Å². The zero-order valence-electron chi connectivity index (χ0n) is 14.0. The number of methoxy groups -OCH3 is 1. The average molecular weight is 326 g/mol. The summed E-state index contributed by atoms with van der Waals surface area (Å²) >= 11 is 0. The molecule has 0 aliphatic heterocycles. The van der Waals surface area contributed by atoms with Crippen molar-refractivity contribution in [1.82, 2.24) is 10.6 Å². The molecule has 0 saturated carbocycles. The van der Waals surface area contributed by atoms with Gasteiger partial charge < -0.3 is 15.4 Å². The number of benzene rings is 2. The predicted octanol–water partition coefficient (Wildman–Crippen LogP) is 2.33. The van der Waals surface area contributed by atoms with Crippen LogP contribution in [0.1, 0.15) is 23.1 Å². The number of carbonyl (C=O) groups excluding carboxylic acids is 2. The first-order valence-corrected chi connectivity index (χ1v) is 7.79. The zero-order chi connectivity index (χ0) is 17.4. The molecule has 2 rings (SSSR count). The minimum atomic E-state index is -0.298. The van der Waals surface area contributed by atoms with Crippen LogP contribution in [0.25, 0.3) is 0 Å². The molecule has 0 fully saturated rings. The third kappa shape index (κ3) is 5.43. The molecule has 2 aromatic carbocycles. The maximum absolute atomic E-state index is 11.8. The van der Waals surface area contributed by atoms with Crippen LogP contribution in [0.4, 0.5) is 0 Å². The summed E-state index contributed by atoms with van der Waals surface area (Å²) in [7, 11) is 1.60. The van der Waals surface area contributed by atoms with Gasteiger partial charge in [-0.2, -0.15) is 0 Å². The molecule has 0 aromatic heterocycles. The fourth-order valence-electron chi connectivity index (χ4n) is 2.22. The molecule has 0 unspecified atom stereocenters. The van der Waals surface area contributed by atoms with E-state index < -0.39 is 0 Å². The highest BCUT2D eigenvalue weighted by molar-refractivity contribution is 5.96. The van der Waals surface area contributed by atoms with Crippen molar-refractivity contribution in [2.45, 2.75) is 26.4 Å². The Hall–Kier alpha value is -2.82. The van der Waals surface area contributed by atoms with E-state index in [0.717, 1.165) is 22.4 Å². The van der Waals surface area contributed by atoms with E-state index in [1.54, 1.807) is 7.11 Å². The van der Waals surface area contributed by atoms with Gasteiger partial charge in [0.15, 0.2) is 0 Å². The number of nitrogens with one attached hydrogen (secondary N) is 2. The van der Waals surface area contributed by atoms with Crippen LogP contribution in [0.15, 0.2) is 48.5 Å². The Labute approximate surface area is 142 Å². The number of hydrogen-bond donors (Lipinski definition) is 2. The molecule has 0 saturated heterocycles. The van der Waals surface area contributed by atoms with Gasteiger partial charge in [-0.05, 0) is 35.7 Å². The predicted molar refractivity (Wildman–Crippen MR) is 92.5 cm³/mol. The topological polar surface area (TPSA) is 67.4 Å². The molecular formula is C19H22N2O3. The molecule has 24 heavy (non-hydrogen) atoms. The maximum Gasteiger partial charge on any atom is 0.229 e. The van der Waals surface area contributed by atoms with Crippen LogP contribution in [0.5, 0.6) is 5.75 Å². The SMILES string of the molecule is COc1ccc(CNC(=O)CC(=O)NCc2ccccc2C)cc1. The molecule has 2 aromatic rings. The first-order valence-electron chi connectivity index (χ1n) is 7.79. The van der Waals surface area contributed by atoms with Crippen molar-refractivity contribution in [3.8, 4) is 5.75 Å². The number of ether oxygens (including phenoxy) is 1. The molecule has 2 amide bonds. The minimum absolute atomic E-state index is 0.179. The molecule has 0 heterocycles. The second-order valence-corrected chi connectivity index (χ2v) is 5.50.